The van der Waals surface area contributed by atoms with Gasteiger partial charge in [-0.15, -0.1) is 11.3 Å². The number of hydrogen-bond donors (Lipinski definition) is 3. The molecule has 3 aromatic rings. The largest absolute Gasteiger partial charge is 0.457 e. The molecule has 0 bridgehead atoms. The molecule has 8 heteroatoms. The van der Waals surface area contributed by atoms with Crippen molar-refractivity contribution in [2.24, 2.45) is 5.73 Å². The number of benzene rings is 2. The molecule has 0 atom stereocenters. The number of carbonyl (C=O) groups is 3. The summed E-state index contributed by atoms with van der Waals surface area (Å²) in [6, 6.07) is 15.1. The van der Waals surface area contributed by atoms with Crippen LogP contribution in [0.3, 0.4) is 0 Å². The van der Waals surface area contributed by atoms with Gasteiger partial charge in [-0.3, -0.25) is 14.9 Å². The Morgan fingerprint density at radius 1 is 0.933 bits per heavy atom. The Morgan fingerprint density at radius 3 is 2.47 bits per heavy atom. The number of imide groups is 1. The topological polar surface area (TPSA) is 111 Å². The molecule has 0 saturated heterocycles. The number of amides is 4. The quantitative estimate of drug-likeness (QED) is 0.576. The molecule has 2 aromatic carbocycles. The zero-order valence-corrected chi connectivity index (χ0v) is 16.8. The number of fused-ring (bicyclic) bond motifs is 1. The van der Waals surface area contributed by atoms with Crippen molar-refractivity contribution in [3.63, 3.8) is 0 Å². The fourth-order valence-corrected chi connectivity index (χ4v) is 4.69. The van der Waals surface area contributed by atoms with Crippen molar-refractivity contribution in [1.29, 1.82) is 0 Å². The fourth-order valence-electron chi connectivity index (χ4n) is 3.41. The van der Waals surface area contributed by atoms with Gasteiger partial charge in [0, 0.05) is 10.4 Å². The van der Waals surface area contributed by atoms with Gasteiger partial charge in [-0.05, 0) is 55.2 Å². The Hall–Kier alpha value is -3.65. The van der Waals surface area contributed by atoms with Crippen LogP contribution in [0.2, 0.25) is 0 Å². The molecule has 1 aliphatic rings. The second-order valence-electron chi connectivity index (χ2n) is 6.78. The summed E-state index contributed by atoms with van der Waals surface area (Å²) in [7, 11) is 0. The normalized spacial score (nSPS) is 12.1. The van der Waals surface area contributed by atoms with E-state index in [9.17, 15) is 14.4 Å². The highest BCUT2D eigenvalue weighted by molar-refractivity contribution is 7.17. The lowest BCUT2D eigenvalue weighted by atomic mass is 10.1. The lowest BCUT2D eigenvalue weighted by molar-refractivity contribution is 0.0966. The second-order valence-corrected chi connectivity index (χ2v) is 7.88. The highest BCUT2D eigenvalue weighted by atomic mass is 32.1. The number of primary amides is 1. The van der Waals surface area contributed by atoms with E-state index in [4.69, 9.17) is 10.5 Å². The predicted molar refractivity (Wildman–Crippen MR) is 114 cm³/mol. The summed E-state index contributed by atoms with van der Waals surface area (Å²) >= 11 is 1.36. The number of urea groups is 1. The van der Waals surface area contributed by atoms with Crippen LogP contribution in [-0.2, 0) is 12.8 Å². The highest BCUT2D eigenvalue weighted by Crippen LogP contribution is 2.39. The fraction of sp³-hybridized carbons (Fsp3) is 0.136. The Labute approximate surface area is 176 Å². The first-order chi connectivity index (χ1) is 14.5. The van der Waals surface area contributed by atoms with Crippen molar-refractivity contribution >= 4 is 34.2 Å². The van der Waals surface area contributed by atoms with E-state index >= 15 is 0 Å². The van der Waals surface area contributed by atoms with E-state index < -0.39 is 11.9 Å². The van der Waals surface area contributed by atoms with E-state index in [1.807, 2.05) is 30.3 Å². The predicted octanol–water partition coefficient (Wildman–Crippen LogP) is 4.09. The van der Waals surface area contributed by atoms with Crippen molar-refractivity contribution in [3.05, 3.63) is 76.2 Å². The van der Waals surface area contributed by atoms with E-state index in [-0.39, 0.29) is 5.91 Å². The van der Waals surface area contributed by atoms with Crippen LogP contribution in [0.25, 0.3) is 0 Å². The number of nitrogens with one attached hydrogen (secondary N) is 2. The first-order valence-electron chi connectivity index (χ1n) is 9.41. The van der Waals surface area contributed by atoms with Crippen molar-refractivity contribution in [2.75, 3.05) is 5.32 Å². The van der Waals surface area contributed by atoms with Crippen LogP contribution >= 0.6 is 11.3 Å². The van der Waals surface area contributed by atoms with Gasteiger partial charge in [0.25, 0.3) is 11.8 Å². The maximum atomic E-state index is 12.9. The third-order valence-electron chi connectivity index (χ3n) is 4.69. The molecule has 4 amide bonds. The third kappa shape index (κ3) is 4.18. The number of hydrogen-bond acceptors (Lipinski definition) is 5. The van der Waals surface area contributed by atoms with Crippen LogP contribution in [0, 0.1) is 0 Å². The van der Waals surface area contributed by atoms with Gasteiger partial charge in [-0.1, -0.05) is 24.3 Å². The Bertz CT molecular complexity index is 1120. The minimum atomic E-state index is -0.930. The maximum Gasteiger partial charge on any atom is 0.319 e. The van der Waals surface area contributed by atoms with Gasteiger partial charge in [0.1, 0.15) is 16.5 Å². The molecule has 1 heterocycles. The molecule has 0 aliphatic heterocycles. The van der Waals surface area contributed by atoms with E-state index in [1.54, 1.807) is 24.3 Å². The minimum absolute atomic E-state index is 0.316. The number of thiophene rings is 1. The molecular formula is C22H19N3O4S. The van der Waals surface area contributed by atoms with Crippen LogP contribution in [-0.4, -0.2) is 17.8 Å². The molecule has 4 rings (SSSR count). The molecular weight excluding hydrogens is 402 g/mol. The van der Waals surface area contributed by atoms with Crippen LogP contribution in [0.4, 0.5) is 9.80 Å². The number of carbonyl (C=O) groups excluding carboxylic acids is 3. The smallest absolute Gasteiger partial charge is 0.319 e. The highest BCUT2D eigenvalue weighted by Gasteiger charge is 2.28. The van der Waals surface area contributed by atoms with Crippen LogP contribution < -0.4 is 21.1 Å². The molecule has 4 N–H and O–H groups in total. The van der Waals surface area contributed by atoms with Crippen molar-refractivity contribution in [3.8, 4) is 11.5 Å². The Balaban J connectivity index is 1.57. The van der Waals surface area contributed by atoms with E-state index in [0.717, 1.165) is 29.7 Å². The Kier molecular flexibility index (Phi) is 5.49. The average molecular weight is 421 g/mol. The van der Waals surface area contributed by atoms with E-state index in [1.165, 1.54) is 11.3 Å². The second kappa shape index (κ2) is 8.38. The standard InChI is InChI=1S/C22H19N3O4S/c23-22(28)25-20(27)18-16-10-5-11-17(16)30-21(18)24-19(26)13-6-4-9-15(12-13)29-14-7-2-1-3-8-14/h1-4,6-9,12H,5,10-11H2,(H,24,26)(H3,23,25,27,28). The van der Waals surface area contributed by atoms with Crippen LogP contribution in [0.15, 0.2) is 54.6 Å². The number of rotatable bonds is 5. The maximum absolute atomic E-state index is 12.9. The molecule has 0 fully saturated rings. The third-order valence-corrected chi connectivity index (χ3v) is 5.89. The van der Waals surface area contributed by atoms with E-state index in [0.29, 0.717) is 27.6 Å². The van der Waals surface area contributed by atoms with Crippen molar-refractivity contribution < 1.29 is 19.1 Å². The van der Waals surface area contributed by atoms with Gasteiger partial charge in [0.2, 0.25) is 0 Å². The molecule has 1 aromatic heterocycles. The van der Waals surface area contributed by atoms with E-state index in [2.05, 4.69) is 10.6 Å². The Morgan fingerprint density at radius 2 is 1.70 bits per heavy atom. The zero-order chi connectivity index (χ0) is 21.1. The summed E-state index contributed by atoms with van der Waals surface area (Å²) in [4.78, 5) is 37.5. The van der Waals surface area contributed by atoms with Gasteiger partial charge in [-0.25, -0.2) is 4.79 Å². The number of ether oxygens (including phenoxy) is 1. The first kappa shape index (κ1) is 19.7. The summed E-state index contributed by atoms with van der Waals surface area (Å²) in [6.45, 7) is 0. The minimum Gasteiger partial charge on any atom is -0.457 e. The number of aryl methyl sites for hydroxylation is 1. The number of anilines is 1. The summed E-state index contributed by atoms with van der Waals surface area (Å²) < 4.78 is 5.78. The summed E-state index contributed by atoms with van der Waals surface area (Å²) in [6.07, 6.45) is 2.50. The van der Waals surface area contributed by atoms with Crippen LogP contribution in [0.5, 0.6) is 11.5 Å². The lowest BCUT2D eigenvalue weighted by Crippen LogP contribution is -2.35. The van der Waals surface area contributed by atoms with Crippen molar-refractivity contribution in [1.82, 2.24) is 5.32 Å². The van der Waals surface area contributed by atoms with Gasteiger partial charge >= 0.3 is 6.03 Å². The van der Waals surface area contributed by atoms with Crippen LogP contribution in [0.1, 0.15) is 37.6 Å². The average Bonchev–Trinajstić information content (AvgIpc) is 3.29. The molecule has 0 unspecified atom stereocenters. The molecule has 1 aliphatic carbocycles. The molecule has 152 valence electrons. The monoisotopic (exact) mass is 421 g/mol. The molecule has 0 spiro atoms. The molecule has 0 saturated carbocycles. The van der Waals surface area contributed by atoms with Crippen molar-refractivity contribution in [2.45, 2.75) is 19.3 Å². The number of para-hydroxylation sites is 1. The van der Waals surface area contributed by atoms with Gasteiger partial charge < -0.3 is 15.8 Å². The summed E-state index contributed by atoms with van der Waals surface area (Å²) in [5, 5.41) is 5.33. The first-order valence-corrected chi connectivity index (χ1v) is 10.2. The lowest BCUT2D eigenvalue weighted by Gasteiger charge is -2.10. The summed E-state index contributed by atoms with van der Waals surface area (Å²) in [5.74, 6) is 0.212. The molecule has 0 radical (unpaired) electrons. The van der Waals surface area contributed by atoms with Gasteiger partial charge in [0.05, 0.1) is 5.56 Å². The zero-order valence-electron chi connectivity index (χ0n) is 15.9. The van der Waals surface area contributed by atoms with Gasteiger partial charge in [0.15, 0.2) is 0 Å². The molecule has 7 nitrogen and oxygen atoms in total. The summed E-state index contributed by atoms with van der Waals surface area (Å²) in [5.41, 5.74) is 6.67. The molecule has 30 heavy (non-hydrogen) atoms. The number of nitrogens with two attached hydrogens (primary N) is 1. The van der Waals surface area contributed by atoms with Gasteiger partial charge in [-0.2, -0.15) is 0 Å². The SMILES string of the molecule is NC(=O)NC(=O)c1c(NC(=O)c2cccc(Oc3ccccc3)c2)sc2c1CCC2.